The van der Waals surface area contributed by atoms with Crippen LogP contribution in [0.5, 0.6) is 5.75 Å². The van der Waals surface area contributed by atoms with Crippen LogP contribution in [0.1, 0.15) is 50.1 Å². The van der Waals surface area contributed by atoms with Crippen LogP contribution in [0.2, 0.25) is 0 Å². The molecule has 1 aliphatic rings. The van der Waals surface area contributed by atoms with Gasteiger partial charge in [-0.2, -0.15) is 0 Å². The van der Waals surface area contributed by atoms with Crippen molar-refractivity contribution in [2.24, 2.45) is 0 Å². The molecule has 1 aromatic heterocycles. The summed E-state index contributed by atoms with van der Waals surface area (Å²) in [6, 6.07) is 7.41. The first-order valence-electron chi connectivity index (χ1n) is 11.2. The maximum atomic E-state index is 13.4. The van der Waals surface area contributed by atoms with Crippen LogP contribution in [0.25, 0.3) is 0 Å². The van der Waals surface area contributed by atoms with E-state index in [2.05, 4.69) is 5.32 Å². The molecule has 0 bridgehead atoms. The van der Waals surface area contributed by atoms with Crippen LogP contribution in [0, 0.1) is 5.82 Å². The summed E-state index contributed by atoms with van der Waals surface area (Å²) in [5.74, 6) is 0.140. The van der Waals surface area contributed by atoms with Gasteiger partial charge in [0.2, 0.25) is 5.91 Å². The standard InChI is InChI=1S/C24H32FN3O3S/c1-4-12-26-24(30)28(17(3)5-2)15-23(29)27-13-10-22-20(11-14-32-22)21(27)16-31-19-8-6-18(25)7-9-19/h6-9,11,14,17,21H,4-5,10,12-13,15-16H2,1-3H3,(H,26,30)/t17-,21-/m0/s1. The largest absolute Gasteiger partial charge is 0.491 e. The van der Waals surface area contributed by atoms with Gasteiger partial charge in [-0.15, -0.1) is 11.3 Å². The van der Waals surface area contributed by atoms with Gasteiger partial charge in [-0.3, -0.25) is 4.79 Å². The number of rotatable bonds is 9. The number of ether oxygens (including phenoxy) is 1. The Morgan fingerprint density at radius 2 is 2.03 bits per heavy atom. The first-order valence-corrected chi connectivity index (χ1v) is 12.1. The molecule has 0 fully saturated rings. The number of fused-ring (bicyclic) bond motifs is 1. The van der Waals surface area contributed by atoms with E-state index in [4.69, 9.17) is 4.74 Å². The Morgan fingerprint density at radius 1 is 1.28 bits per heavy atom. The molecule has 6 nitrogen and oxygen atoms in total. The van der Waals surface area contributed by atoms with Crippen molar-refractivity contribution in [3.63, 3.8) is 0 Å². The van der Waals surface area contributed by atoms with Crippen molar-refractivity contribution in [3.05, 3.63) is 52.0 Å². The van der Waals surface area contributed by atoms with Crippen molar-refractivity contribution in [2.45, 2.75) is 52.1 Å². The minimum atomic E-state index is -0.321. The Hall–Kier alpha value is -2.61. The molecule has 0 aliphatic carbocycles. The second-order valence-electron chi connectivity index (χ2n) is 8.03. The number of hydrogen-bond donors (Lipinski definition) is 1. The third kappa shape index (κ3) is 5.79. The van der Waals surface area contributed by atoms with E-state index in [0.29, 0.717) is 18.8 Å². The van der Waals surface area contributed by atoms with E-state index >= 15 is 0 Å². The first kappa shape index (κ1) is 24.0. The van der Waals surface area contributed by atoms with E-state index in [9.17, 15) is 14.0 Å². The quantitative estimate of drug-likeness (QED) is 0.593. The molecule has 0 radical (unpaired) electrons. The highest BCUT2D eigenvalue weighted by Crippen LogP contribution is 2.34. The number of carbonyl (C=O) groups excluding carboxylic acids is 2. The van der Waals surface area contributed by atoms with E-state index < -0.39 is 0 Å². The van der Waals surface area contributed by atoms with E-state index in [-0.39, 0.29) is 43.0 Å². The predicted octanol–water partition coefficient (Wildman–Crippen LogP) is 4.61. The van der Waals surface area contributed by atoms with E-state index in [1.54, 1.807) is 28.4 Å². The van der Waals surface area contributed by atoms with Crippen LogP contribution in [0.4, 0.5) is 9.18 Å². The highest BCUT2D eigenvalue weighted by molar-refractivity contribution is 7.10. The maximum absolute atomic E-state index is 13.4. The lowest BCUT2D eigenvalue weighted by Gasteiger charge is -2.38. The predicted molar refractivity (Wildman–Crippen MR) is 125 cm³/mol. The number of amides is 3. The number of hydrogen-bond acceptors (Lipinski definition) is 4. The van der Waals surface area contributed by atoms with Crippen molar-refractivity contribution in [1.82, 2.24) is 15.1 Å². The summed E-state index contributed by atoms with van der Waals surface area (Å²) >= 11 is 1.69. The van der Waals surface area contributed by atoms with Crippen LogP contribution in [-0.4, -0.2) is 54.0 Å². The summed E-state index contributed by atoms with van der Waals surface area (Å²) in [7, 11) is 0. The number of nitrogens with one attached hydrogen (secondary N) is 1. The molecule has 2 heterocycles. The van der Waals surface area contributed by atoms with Crippen LogP contribution in [-0.2, 0) is 11.2 Å². The van der Waals surface area contributed by atoms with Gasteiger partial charge in [0.05, 0.1) is 6.04 Å². The van der Waals surface area contributed by atoms with Crippen LogP contribution < -0.4 is 10.1 Å². The molecule has 0 saturated heterocycles. The number of halogens is 1. The highest BCUT2D eigenvalue weighted by Gasteiger charge is 2.34. The summed E-state index contributed by atoms with van der Waals surface area (Å²) in [6.45, 7) is 7.42. The van der Waals surface area contributed by atoms with Gasteiger partial charge >= 0.3 is 6.03 Å². The number of carbonyl (C=O) groups is 2. The van der Waals surface area contributed by atoms with E-state index in [1.807, 2.05) is 37.1 Å². The lowest BCUT2D eigenvalue weighted by Crippen LogP contribution is -2.52. The average Bonchev–Trinajstić information content (AvgIpc) is 3.29. The summed E-state index contributed by atoms with van der Waals surface area (Å²) in [4.78, 5) is 30.8. The fourth-order valence-corrected chi connectivity index (χ4v) is 4.73. The van der Waals surface area contributed by atoms with Gasteiger partial charge in [-0.1, -0.05) is 13.8 Å². The normalized spacial score (nSPS) is 16.2. The van der Waals surface area contributed by atoms with Crippen LogP contribution >= 0.6 is 11.3 Å². The van der Waals surface area contributed by atoms with Crippen LogP contribution in [0.3, 0.4) is 0 Å². The molecule has 1 aromatic carbocycles. The van der Waals surface area contributed by atoms with E-state index in [1.165, 1.54) is 17.0 Å². The molecule has 3 rings (SSSR count). The molecule has 2 aromatic rings. The van der Waals surface area contributed by atoms with Gasteiger partial charge in [0.25, 0.3) is 0 Å². The van der Waals surface area contributed by atoms with Gasteiger partial charge in [0, 0.05) is 24.0 Å². The lowest BCUT2D eigenvalue weighted by molar-refractivity contribution is -0.135. The molecule has 0 unspecified atom stereocenters. The maximum Gasteiger partial charge on any atom is 0.318 e. The Balaban J connectivity index is 1.75. The van der Waals surface area contributed by atoms with Crippen molar-refractivity contribution >= 4 is 23.3 Å². The minimum Gasteiger partial charge on any atom is -0.491 e. The van der Waals surface area contributed by atoms with Gasteiger partial charge in [0.1, 0.15) is 24.7 Å². The van der Waals surface area contributed by atoms with Crippen molar-refractivity contribution in [1.29, 1.82) is 0 Å². The monoisotopic (exact) mass is 461 g/mol. The molecule has 174 valence electrons. The van der Waals surface area contributed by atoms with Gasteiger partial charge < -0.3 is 19.9 Å². The smallest absolute Gasteiger partial charge is 0.318 e. The topological polar surface area (TPSA) is 61.9 Å². The Labute approximate surface area is 193 Å². The second-order valence-corrected chi connectivity index (χ2v) is 9.03. The molecule has 8 heteroatoms. The van der Waals surface area contributed by atoms with Crippen molar-refractivity contribution in [3.8, 4) is 5.75 Å². The van der Waals surface area contributed by atoms with Gasteiger partial charge in [0.15, 0.2) is 0 Å². The zero-order chi connectivity index (χ0) is 23.1. The van der Waals surface area contributed by atoms with Crippen LogP contribution in [0.15, 0.2) is 35.7 Å². The lowest BCUT2D eigenvalue weighted by atomic mass is 10.00. The Kier molecular flexibility index (Phi) is 8.50. The molecule has 1 aliphatic heterocycles. The van der Waals surface area contributed by atoms with Gasteiger partial charge in [-0.05, 0) is 67.5 Å². The van der Waals surface area contributed by atoms with E-state index in [0.717, 1.165) is 24.8 Å². The highest BCUT2D eigenvalue weighted by atomic mass is 32.1. The van der Waals surface area contributed by atoms with Crippen molar-refractivity contribution < 1.29 is 18.7 Å². The summed E-state index contributed by atoms with van der Waals surface area (Å²) in [5.41, 5.74) is 1.09. The Morgan fingerprint density at radius 3 is 2.72 bits per heavy atom. The molecular weight excluding hydrogens is 429 g/mol. The van der Waals surface area contributed by atoms with Gasteiger partial charge in [-0.25, -0.2) is 9.18 Å². The fourth-order valence-electron chi connectivity index (χ4n) is 3.80. The molecule has 3 amide bonds. The average molecular weight is 462 g/mol. The molecular formula is C24H32FN3O3S. The molecule has 0 saturated carbocycles. The molecule has 32 heavy (non-hydrogen) atoms. The SMILES string of the molecule is CCCNC(=O)N(CC(=O)N1CCc2sccc2[C@@H]1COc1ccc(F)cc1)[C@@H](C)CC. The summed E-state index contributed by atoms with van der Waals surface area (Å²) < 4.78 is 19.2. The third-order valence-corrected chi connectivity index (χ3v) is 6.85. The zero-order valence-corrected chi connectivity index (χ0v) is 19.8. The van der Waals surface area contributed by atoms with Crippen molar-refractivity contribution in [2.75, 3.05) is 26.2 Å². The second kappa shape index (κ2) is 11.3. The number of nitrogens with zero attached hydrogens (tertiary/aromatic N) is 2. The number of urea groups is 1. The number of thiophene rings is 1. The summed E-state index contributed by atoms with van der Waals surface area (Å²) in [5, 5.41) is 4.93. The minimum absolute atomic E-state index is 0.0249. The fraction of sp³-hybridized carbons (Fsp3) is 0.500. The Bertz CT molecular complexity index is 902. The number of benzene rings is 1. The first-order chi connectivity index (χ1) is 15.4. The zero-order valence-electron chi connectivity index (χ0n) is 19.0. The molecule has 0 spiro atoms. The summed E-state index contributed by atoms with van der Waals surface area (Å²) in [6.07, 6.45) is 2.39. The molecule has 1 N–H and O–H groups in total. The molecule has 2 atom stereocenters. The third-order valence-electron chi connectivity index (χ3n) is 5.85.